The number of nitrogens with zero attached hydrogens (tertiary/aromatic N) is 1. The predicted molar refractivity (Wildman–Crippen MR) is 56.1 cm³/mol. The van der Waals surface area contributed by atoms with Crippen LogP contribution in [0.4, 0.5) is 0 Å². The van der Waals surface area contributed by atoms with Gasteiger partial charge in [-0.3, -0.25) is 0 Å². The van der Waals surface area contributed by atoms with Gasteiger partial charge in [-0.1, -0.05) is 6.92 Å². The Hall–Kier alpha value is -0.410. The van der Waals surface area contributed by atoms with Gasteiger partial charge in [0.25, 0.3) is 0 Å². The van der Waals surface area contributed by atoms with Crippen LogP contribution in [0.2, 0.25) is 0 Å². The summed E-state index contributed by atoms with van der Waals surface area (Å²) in [4.78, 5) is 4.60. The van der Waals surface area contributed by atoms with Crippen molar-refractivity contribution in [2.45, 2.75) is 44.6 Å². The third-order valence-electron chi connectivity index (χ3n) is 2.49. The van der Waals surface area contributed by atoms with Crippen LogP contribution in [0.25, 0.3) is 0 Å². The maximum atomic E-state index is 5.87. The maximum Gasteiger partial charge on any atom is 0.0959 e. The van der Waals surface area contributed by atoms with E-state index in [0.717, 1.165) is 18.8 Å². The van der Waals surface area contributed by atoms with Crippen molar-refractivity contribution in [3.63, 3.8) is 0 Å². The van der Waals surface area contributed by atoms with Crippen molar-refractivity contribution in [1.29, 1.82) is 0 Å². The molecule has 0 amide bonds. The van der Waals surface area contributed by atoms with Crippen LogP contribution in [0.3, 0.4) is 0 Å². The molecule has 3 heteroatoms. The molecule has 1 aliphatic carbocycles. The Labute approximate surface area is 83.2 Å². The summed E-state index contributed by atoms with van der Waals surface area (Å²) in [5.41, 5.74) is 7.07. The number of aromatic nitrogens is 1. The van der Waals surface area contributed by atoms with Gasteiger partial charge in [0.15, 0.2) is 0 Å². The lowest BCUT2D eigenvalue weighted by molar-refractivity contribution is 0.637. The van der Waals surface area contributed by atoms with Gasteiger partial charge < -0.3 is 5.73 Å². The monoisotopic (exact) mass is 196 g/mol. The molecular formula is C10H16N2S. The Bertz CT molecular complexity index is 278. The summed E-state index contributed by atoms with van der Waals surface area (Å²) in [6.45, 7) is 2.12. The molecule has 2 nitrogen and oxygen atoms in total. The molecule has 72 valence electrons. The Morgan fingerprint density at radius 2 is 2.46 bits per heavy atom. The van der Waals surface area contributed by atoms with E-state index in [0.29, 0.717) is 0 Å². The lowest BCUT2D eigenvalue weighted by Gasteiger charge is -2.04. The van der Waals surface area contributed by atoms with Crippen LogP contribution in [0.15, 0.2) is 5.38 Å². The van der Waals surface area contributed by atoms with Crippen molar-refractivity contribution in [3.8, 4) is 0 Å². The first kappa shape index (κ1) is 9.16. The highest BCUT2D eigenvalue weighted by molar-refractivity contribution is 7.09. The molecule has 1 unspecified atom stereocenters. The van der Waals surface area contributed by atoms with Crippen LogP contribution < -0.4 is 5.73 Å². The Morgan fingerprint density at radius 1 is 1.69 bits per heavy atom. The van der Waals surface area contributed by atoms with E-state index in [4.69, 9.17) is 5.73 Å². The van der Waals surface area contributed by atoms with Crippen molar-refractivity contribution in [1.82, 2.24) is 4.98 Å². The lowest BCUT2D eigenvalue weighted by atomic mass is 10.1. The van der Waals surface area contributed by atoms with Crippen LogP contribution in [-0.2, 0) is 6.42 Å². The molecule has 0 spiro atoms. The molecule has 1 aliphatic rings. The molecule has 1 aromatic heterocycles. The summed E-state index contributed by atoms with van der Waals surface area (Å²) < 4.78 is 0. The zero-order valence-electron chi connectivity index (χ0n) is 7.99. The van der Waals surface area contributed by atoms with Crippen molar-refractivity contribution < 1.29 is 0 Å². The van der Waals surface area contributed by atoms with E-state index in [9.17, 15) is 0 Å². The predicted octanol–water partition coefficient (Wildman–Crippen LogP) is 2.30. The van der Waals surface area contributed by atoms with Gasteiger partial charge in [0.05, 0.1) is 10.7 Å². The molecule has 0 aromatic carbocycles. The summed E-state index contributed by atoms with van der Waals surface area (Å²) in [6.07, 6.45) is 4.66. The number of thiazole rings is 1. The van der Waals surface area contributed by atoms with Gasteiger partial charge in [0.1, 0.15) is 0 Å². The summed E-state index contributed by atoms with van der Waals surface area (Å²) >= 11 is 1.81. The second-order valence-corrected chi connectivity index (χ2v) is 4.71. The maximum absolute atomic E-state index is 5.87. The first-order valence-corrected chi connectivity index (χ1v) is 5.87. The van der Waals surface area contributed by atoms with Crippen LogP contribution >= 0.6 is 11.3 Å². The van der Waals surface area contributed by atoms with E-state index in [1.165, 1.54) is 23.5 Å². The highest BCUT2D eigenvalue weighted by atomic mass is 32.1. The second-order valence-electron chi connectivity index (χ2n) is 3.82. The fourth-order valence-corrected chi connectivity index (χ4v) is 2.35. The summed E-state index contributed by atoms with van der Waals surface area (Å²) in [6, 6.07) is 0.286. The number of nitrogens with two attached hydrogens (primary N) is 1. The minimum atomic E-state index is 0.286. The van der Waals surface area contributed by atoms with Crippen LogP contribution in [0.5, 0.6) is 0 Å². The summed E-state index contributed by atoms with van der Waals surface area (Å²) in [5.74, 6) is 0.789. The van der Waals surface area contributed by atoms with Crippen LogP contribution in [-0.4, -0.2) is 11.0 Å². The summed E-state index contributed by atoms with van der Waals surface area (Å²) in [7, 11) is 0. The lowest BCUT2D eigenvalue weighted by Crippen LogP contribution is -2.21. The van der Waals surface area contributed by atoms with Crippen molar-refractivity contribution in [2.24, 2.45) is 5.73 Å². The smallest absolute Gasteiger partial charge is 0.0959 e. The number of hydrogen-bond donors (Lipinski definition) is 1. The molecule has 0 aliphatic heterocycles. The molecule has 1 saturated carbocycles. The van der Waals surface area contributed by atoms with Crippen molar-refractivity contribution in [3.05, 3.63) is 16.1 Å². The number of hydrogen-bond acceptors (Lipinski definition) is 3. The molecule has 0 saturated heterocycles. The first-order valence-electron chi connectivity index (χ1n) is 4.99. The average Bonchev–Trinajstić information content (AvgIpc) is 2.88. The standard InChI is InChI=1S/C10H16N2S/c1-2-8(11)5-9-6-13-10(12-9)7-3-4-7/h6-8H,2-5,11H2,1H3. The Kier molecular flexibility index (Phi) is 2.65. The third-order valence-corrected chi connectivity index (χ3v) is 3.55. The fraction of sp³-hybridized carbons (Fsp3) is 0.700. The highest BCUT2D eigenvalue weighted by Gasteiger charge is 2.26. The van der Waals surface area contributed by atoms with E-state index < -0.39 is 0 Å². The Balaban J connectivity index is 1.96. The fourth-order valence-electron chi connectivity index (χ4n) is 1.35. The normalized spacial score (nSPS) is 18.9. The first-order chi connectivity index (χ1) is 6.29. The molecule has 1 atom stereocenters. The van der Waals surface area contributed by atoms with Crippen molar-refractivity contribution >= 4 is 11.3 Å². The number of rotatable bonds is 4. The van der Waals surface area contributed by atoms with Gasteiger partial charge >= 0.3 is 0 Å². The highest BCUT2D eigenvalue weighted by Crippen LogP contribution is 2.41. The van der Waals surface area contributed by atoms with Gasteiger partial charge in [0.2, 0.25) is 0 Å². The molecule has 0 radical (unpaired) electrons. The van der Waals surface area contributed by atoms with Gasteiger partial charge in [-0.05, 0) is 19.3 Å². The molecule has 13 heavy (non-hydrogen) atoms. The second kappa shape index (κ2) is 3.76. The van der Waals surface area contributed by atoms with E-state index in [1.54, 1.807) is 11.3 Å². The SMILES string of the molecule is CCC(N)Cc1csc(C2CC2)n1. The van der Waals surface area contributed by atoms with E-state index in [1.807, 2.05) is 0 Å². The third kappa shape index (κ3) is 2.29. The van der Waals surface area contributed by atoms with Crippen LogP contribution in [0, 0.1) is 0 Å². The van der Waals surface area contributed by atoms with Crippen molar-refractivity contribution in [2.75, 3.05) is 0 Å². The molecule has 1 fully saturated rings. The van der Waals surface area contributed by atoms with Crippen LogP contribution in [0.1, 0.15) is 42.8 Å². The van der Waals surface area contributed by atoms with Gasteiger partial charge in [-0.15, -0.1) is 11.3 Å². The van der Waals surface area contributed by atoms with E-state index in [-0.39, 0.29) is 6.04 Å². The minimum absolute atomic E-state index is 0.286. The molecule has 2 N–H and O–H groups in total. The zero-order chi connectivity index (χ0) is 9.26. The quantitative estimate of drug-likeness (QED) is 0.802. The molecular weight excluding hydrogens is 180 g/mol. The van der Waals surface area contributed by atoms with Gasteiger partial charge in [-0.2, -0.15) is 0 Å². The molecule has 2 rings (SSSR count). The molecule has 0 bridgehead atoms. The average molecular weight is 196 g/mol. The Morgan fingerprint density at radius 3 is 3.08 bits per heavy atom. The van der Waals surface area contributed by atoms with Gasteiger partial charge in [-0.25, -0.2) is 4.98 Å². The topological polar surface area (TPSA) is 38.9 Å². The van der Waals surface area contributed by atoms with E-state index >= 15 is 0 Å². The van der Waals surface area contributed by atoms with E-state index in [2.05, 4.69) is 17.3 Å². The largest absolute Gasteiger partial charge is 0.327 e. The minimum Gasteiger partial charge on any atom is -0.327 e. The molecule has 1 aromatic rings. The zero-order valence-corrected chi connectivity index (χ0v) is 8.81. The summed E-state index contributed by atoms with van der Waals surface area (Å²) in [5, 5.41) is 3.50. The van der Waals surface area contributed by atoms with Gasteiger partial charge in [0, 0.05) is 23.8 Å². The molecule has 1 heterocycles.